The molecule has 0 bridgehead atoms. The summed E-state index contributed by atoms with van der Waals surface area (Å²) in [5, 5.41) is 5.97. The minimum absolute atomic E-state index is 0.232. The average molecular weight is 239 g/mol. The molecule has 0 aliphatic heterocycles. The van der Waals surface area contributed by atoms with Gasteiger partial charge in [-0.25, -0.2) is 4.79 Å². The lowest BCUT2D eigenvalue weighted by Crippen LogP contribution is -2.31. The predicted molar refractivity (Wildman–Crippen MR) is 66.3 cm³/mol. The van der Waals surface area contributed by atoms with Gasteiger partial charge in [-0.2, -0.15) is 0 Å². The molecule has 0 aromatic heterocycles. The van der Waals surface area contributed by atoms with Crippen molar-refractivity contribution in [2.24, 2.45) is 0 Å². The van der Waals surface area contributed by atoms with Gasteiger partial charge in [0.2, 0.25) is 0 Å². The monoisotopic (exact) mass is 238 g/mol. The summed E-state index contributed by atoms with van der Waals surface area (Å²) < 4.78 is 0. The maximum atomic E-state index is 11.3. The first kappa shape index (κ1) is 12.6. The van der Waals surface area contributed by atoms with Crippen molar-refractivity contribution in [3.05, 3.63) is 47.1 Å². The Labute approximate surface area is 100 Å². The minimum Gasteiger partial charge on any atom is -0.334 e. The Morgan fingerprint density at radius 2 is 2.19 bits per heavy atom. The van der Waals surface area contributed by atoms with E-state index >= 15 is 0 Å². The van der Waals surface area contributed by atoms with Gasteiger partial charge in [0.05, 0.1) is 0 Å². The number of amides is 2. The SMILES string of the molecule is CC/C=C/NC(=O)NCc1ccccc1Cl. The first-order valence-corrected chi connectivity index (χ1v) is 5.54. The van der Waals surface area contributed by atoms with Crippen LogP contribution in [0, 0.1) is 0 Å². The zero-order valence-electron chi connectivity index (χ0n) is 9.16. The molecule has 1 rings (SSSR count). The van der Waals surface area contributed by atoms with E-state index in [0.717, 1.165) is 12.0 Å². The Hall–Kier alpha value is -1.48. The molecule has 0 aliphatic carbocycles. The number of hydrogen-bond acceptors (Lipinski definition) is 1. The van der Waals surface area contributed by atoms with Gasteiger partial charge in [0.15, 0.2) is 0 Å². The highest BCUT2D eigenvalue weighted by Crippen LogP contribution is 2.13. The summed E-state index contributed by atoms with van der Waals surface area (Å²) in [6.07, 6.45) is 4.39. The lowest BCUT2D eigenvalue weighted by atomic mass is 10.2. The molecule has 2 amide bonds. The first-order chi connectivity index (χ1) is 7.74. The van der Waals surface area contributed by atoms with Crippen LogP contribution in [0.2, 0.25) is 5.02 Å². The number of carbonyl (C=O) groups is 1. The number of rotatable bonds is 4. The second kappa shape index (κ2) is 6.90. The second-order valence-electron chi connectivity index (χ2n) is 3.23. The molecule has 0 spiro atoms. The van der Waals surface area contributed by atoms with Gasteiger partial charge in [0, 0.05) is 17.8 Å². The zero-order valence-corrected chi connectivity index (χ0v) is 9.92. The van der Waals surface area contributed by atoms with Crippen LogP contribution in [-0.2, 0) is 6.54 Å². The molecule has 0 unspecified atom stereocenters. The largest absolute Gasteiger partial charge is 0.334 e. The van der Waals surface area contributed by atoms with Crippen molar-refractivity contribution in [3.8, 4) is 0 Å². The van der Waals surface area contributed by atoms with Crippen LogP contribution in [0.15, 0.2) is 36.5 Å². The first-order valence-electron chi connectivity index (χ1n) is 5.16. The molecule has 1 aromatic carbocycles. The summed E-state index contributed by atoms with van der Waals surface area (Å²) >= 11 is 5.95. The fourth-order valence-electron chi connectivity index (χ4n) is 1.12. The molecular formula is C12H15ClN2O. The molecule has 0 aliphatic rings. The van der Waals surface area contributed by atoms with Crippen LogP contribution in [0.1, 0.15) is 18.9 Å². The van der Waals surface area contributed by atoms with Crippen LogP contribution >= 0.6 is 11.6 Å². The molecular weight excluding hydrogens is 224 g/mol. The third-order valence-corrected chi connectivity index (χ3v) is 2.33. The van der Waals surface area contributed by atoms with E-state index in [-0.39, 0.29) is 6.03 Å². The van der Waals surface area contributed by atoms with Crippen molar-refractivity contribution in [1.29, 1.82) is 0 Å². The van der Waals surface area contributed by atoms with E-state index in [2.05, 4.69) is 10.6 Å². The van der Waals surface area contributed by atoms with Crippen molar-refractivity contribution in [3.63, 3.8) is 0 Å². The van der Waals surface area contributed by atoms with Crippen molar-refractivity contribution in [2.45, 2.75) is 19.9 Å². The van der Waals surface area contributed by atoms with Crippen molar-refractivity contribution in [2.75, 3.05) is 0 Å². The fraction of sp³-hybridized carbons (Fsp3) is 0.250. The van der Waals surface area contributed by atoms with Gasteiger partial charge < -0.3 is 10.6 Å². The van der Waals surface area contributed by atoms with Crippen LogP contribution in [0.3, 0.4) is 0 Å². The summed E-state index contributed by atoms with van der Waals surface area (Å²) in [6.45, 7) is 2.42. The van der Waals surface area contributed by atoms with Crippen LogP contribution in [0.4, 0.5) is 4.79 Å². The summed E-state index contributed by atoms with van der Waals surface area (Å²) in [5.41, 5.74) is 0.902. The molecule has 0 heterocycles. The molecule has 0 fully saturated rings. The summed E-state index contributed by atoms with van der Waals surface area (Å²) in [7, 11) is 0. The van der Waals surface area contributed by atoms with Crippen molar-refractivity contribution < 1.29 is 4.79 Å². The van der Waals surface area contributed by atoms with Gasteiger partial charge >= 0.3 is 6.03 Å². The van der Waals surface area contributed by atoms with Gasteiger partial charge in [-0.05, 0) is 18.1 Å². The fourth-order valence-corrected chi connectivity index (χ4v) is 1.32. The lowest BCUT2D eigenvalue weighted by Gasteiger charge is -2.06. The third-order valence-electron chi connectivity index (χ3n) is 1.97. The number of halogens is 1. The Morgan fingerprint density at radius 1 is 1.44 bits per heavy atom. The van der Waals surface area contributed by atoms with Gasteiger partial charge in [0.25, 0.3) is 0 Å². The summed E-state index contributed by atoms with van der Waals surface area (Å²) in [4.78, 5) is 11.3. The zero-order chi connectivity index (χ0) is 11.8. The molecule has 16 heavy (non-hydrogen) atoms. The predicted octanol–water partition coefficient (Wildman–Crippen LogP) is 3.06. The van der Waals surface area contributed by atoms with E-state index in [9.17, 15) is 4.79 Å². The number of carbonyl (C=O) groups excluding carboxylic acids is 1. The maximum Gasteiger partial charge on any atom is 0.319 e. The summed E-state index contributed by atoms with van der Waals surface area (Å²) in [5.74, 6) is 0. The third kappa shape index (κ3) is 4.36. The van der Waals surface area contributed by atoms with E-state index in [1.807, 2.05) is 31.2 Å². The van der Waals surface area contributed by atoms with Crippen LogP contribution < -0.4 is 10.6 Å². The Bertz CT molecular complexity index is 377. The van der Waals surface area contributed by atoms with Crippen LogP contribution in [-0.4, -0.2) is 6.03 Å². The molecule has 0 saturated carbocycles. The van der Waals surface area contributed by atoms with E-state index < -0.39 is 0 Å². The van der Waals surface area contributed by atoms with Crippen LogP contribution in [0.25, 0.3) is 0 Å². The number of benzene rings is 1. The maximum absolute atomic E-state index is 11.3. The molecule has 86 valence electrons. The van der Waals surface area contributed by atoms with Gasteiger partial charge in [-0.1, -0.05) is 42.8 Å². The number of hydrogen-bond donors (Lipinski definition) is 2. The molecule has 0 saturated heterocycles. The average Bonchev–Trinajstić information content (AvgIpc) is 2.28. The Balaban J connectivity index is 2.37. The van der Waals surface area contributed by atoms with E-state index in [1.165, 1.54) is 0 Å². The standard InChI is InChI=1S/C12H15ClN2O/c1-2-3-8-14-12(16)15-9-10-6-4-5-7-11(10)13/h3-8H,2,9H2,1H3,(H2,14,15,16)/b8-3+. The molecule has 4 heteroatoms. The molecule has 2 N–H and O–H groups in total. The second-order valence-corrected chi connectivity index (χ2v) is 3.64. The molecule has 1 aromatic rings. The quantitative estimate of drug-likeness (QED) is 0.832. The molecule has 3 nitrogen and oxygen atoms in total. The highest BCUT2D eigenvalue weighted by Gasteiger charge is 2.00. The Morgan fingerprint density at radius 3 is 2.88 bits per heavy atom. The highest BCUT2D eigenvalue weighted by molar-refractivity contribution is 6.31. The molecule has 0 radical (unpaired) electrons. The highest BCUT2D eigenvalue weighted by atomic mass is 35.5. The normalized spacial score (nSPS) is 10.4. The Kier molecular flexibility index (Phi) is 5.43. The number of allylic oxidation sites excluding steroid dienone is 1. The van der Waals surface area contributed by atoms with E-state index in [0.29, 0.717) is 11.6 Å². The van der Waals surface area contributed by atoms with Crippen molar-refractivity contribution >= 4 is 17.6 Å². The van der Waals surface area contributed by atoms with Crippen molar-refractivity contribution in [1.82, 2.24) is 10.6 Å². The molecule has 0 atom stereocenters. The number of nitrogens with one attached hydrogen (secondary N) is 2. The number of urea groups is 1. The van der Waals surface area contributed by atoms with E-state index in [1.54, 1.807) is 12.3 Å². The van der Waals surface area contributed by atoms with Gasteiger partial charge in [0.1, 0.15) is 0 Å². The summed E-state index contributed by atoms with van der Waals surface area (Å²) in [6, 6.07) is 7.19. The van der Waals surface area contributed by atoms with Crippen LogP contribution in [0.5, 0.6) is 0 Å². The van der Waals surface area contributed by atoms with E-state index in [4.69, 9.17) is 11.6 Å². The van der Waals surface area contributed by atoms with Gasteiger partial charge in [-0.15, -0.1) is 0 Å². The minimum atomic E-state index is -0.232. The smallest absolute Gasteiger partial charge is 0.319 e. The van der Waals surface area contributed by atoms with Gasteiger partial charge in [-0.3, -0.25) is 0 Å². The topological polar surface area (TPSA) is 41.1 Å². The lowest BCUT2D eigenvalue weighted by molar-refractivity contribution is 0.243.